The van der Waals surface area contributed by atoms with Crippen LogP contribution < -0.4 is 10.6 Å². The van der Waals surface area contributed by atoms with E-state index in [1.165, 1.54) is 0 Å². The summed E-state index contributed by atoms with van der Waals surface area (Å²) in [7, 11) is 0. The van der Waals surface area contributed by atoms with Crippen molar-refractivity contribution in [2.45, 2.75) is 26.8 Å². The Balaban J connectivity index is 2.01. The van der Waals surface area contributed by atoms with E-state index in [1.807, 2.05) is 25.1 Å². The maximum Gasteiger partial charge on any atom is 0.313 e. The van der Waals surface area contributed by atoms with E-state index < -0.39 is 11.8 Å². The number of carbonyl (C=O) groups is 2. The highest BCUT2D eigenvalue weighted by Crippen LogP contribution is 2.19. The molecule has 0 spiro atoms. The van der Waals surface area contributed by atoms with Crippen LogP contribution in [0.2, 0.25) is 0 Å². The van der Waals surface area contributed by atoms with Crippen molar-refractivity contribution in [3.63, 3.8) is 0 Å². The lowest BCUT2D eigenvalue weighted by Crippen LogP contribution is -2.43. The fraction of sp³-hybridized carbons (Fsp3) is 0.375. The fourth-order valence-electron chi connectivity index (χ4n) is 2.12. The van der Waals surface area contributed by atoms with Gasteiger partial charge in [-0.05, 0) is 44.0 Å². The van der Waals surface area contributed by atoms with E-state index in [9.17, 15) is 9.59 Å². The lowest BCUT2D eigenvalue weighted by molar-refractivity contribution is -0.136. The van der Waals surface area contributed by atoms with Gasteiger partial charge >= 0.3 is 11.8 Å². The summed E-state index contributed by atoms with van der Waals surface area (Å²) < 4.78 is 0. The molecule has 0 saturated heterocycles. The van der Waals surface area contributed by atoms with Gasteiger partial charge in [0.15, 0.2) is 0 Å². The number of aromatic nitrogens is 1. The second kappa shape index (κ2) is 6.62. The summed E-state index contributed by atoms with van der Waals surface area (Å²) in [6.07, 6.45) is 0. The number of aliphatic hydroxyl groups is 1. The molecule has 0 aliphatic rings. The summed E-state index contributed by atoms with van der Waals surface area (Å²) in [5.74, 6) is -1.54. The summed E-state index contributed by atoms with van der Waals surface area (Å²) in [5.41, 5.74) is 2.57. The minimum Gasteiger partial charge on any atom is -0.396 e. The number of hydrogen-bond donors (Lipinski definition) is 4. The van der Waals surface area contributed by atoms with Crippen LogP contribution in [0.1, 0.15) is 19.5 Å². The van der Waals surface area contributed by atoms with Gasteiger partial charge in [0, 0.05) is 34.9 Å². The van der Waals surface area contributed by atoms with Crippen molar-refractivity contribution in [1.82, 2.24) is 10.3 Å². The molecule has 0 radical (unpaired) electrons. The monoisotopic (exact) mass is 303 g/mol. The van der Waals surface area contributed by atoms with Gasteiger partial charge in [-0.2, -0.15) is 0 Å². The van der Waals surface area contributed by atoms with Crippen LogP contribution in [-0.4, -0.2) is 34.6 Å². The standard InChI is InChI=1S/C16H21N3O3/c1-9(8-20)11(3)18-15(21)16(22)19-13-4-5-14-12(7-13)6-10(2)17-14/h4-7,9,11,17,20H,8H2,1-3H3,(H,18,21)(H,19,22). The van der Waals surface area contributed by atoms with Crippen molar-refractivity contribution >= 4 is 28.4 Å². The number of H-pyrrole nitrogens is 1. The quantitative estimate of drug-likeness (QED) is 0.645. The first kappa shape index (κ1) is 16.0. The van der Waals surface area contributed by atoms with E-state index in [0.29, 0.717) is 5.69 Å². The highest BCUT2D eigenvalue weighted by molar-refractivity contribution is 6.39. The summed E-state index contributed by atoms with van der Waals surface area (Å²) >= 11 is 0. The number of nitrogens with one attached hydrogen (secondary N) is 3. The van der Waals surface area contributed by atoms with Crippen LogP contribution in [0.5, 0.6) is 0 Å². The van der Waals surface area contributed by atoms with Crippen LogP contribution >= 0.6 is 0 Å². The zero-order valence-electron chi connectivity index (χ0n) is 12.9. The molecule has 1 heterocycles. The molecular weight excluding hydrogens is 282 g/mol. The molecule has 0 saturated carbocycles. The fourth-order valence-corrected chi connectivity index (χ4v) is 2.12. The normalized spacial score (nSPS) is 13.6. The minimum atomic E-state index is -0.719. The minimum absolute atomic E-state index is 0.0490. The largest absolute Gasteiger partial charge is 0.396 e. The average Bonchev–Trinajstić information content (AvgIpc) is 2.85. The van der Waals surface area contributed by atoms with Gasteiger partial charge in [0.05, 0.1) is 0 Å². The molecule has 6 nitrogen and oxygen atoms in total. The molecule has 1 aromatic heterocycles. The van der Waals surface area contributed by atoms with Gasteiger partial charge < -0.3 is 20.7 Å². The third kappa shape index (κ3) is 3.65. The van der Waals surface area contributed by atoms with Crippen LogP contribution in [-0.2, 0) is 9.59 Å². The second-order valence-electron chi connectivity index (χ2n) is 5.63. The molecular formula is C16H21N3O3. The number of anilines is 1. The van der Waals surface area contributed by atoms with E-state index in [-0.39, 0.29) is 18.6 Å². The van der Waals surface area contributed by atoms with Gasteiger partial charge in [0.25, 0.3) is 0 Å². The van der Waals surface area contributed by atoms with Crippen molar-refractivity contribution in [3.05, 3.63) is 30.0 Å². The number of carbonyl (C=O) groups excluding carboxylic acids is 2. The molecule has 2 amide bonds. The van der Waals surface area contributed by atoms with Crippen molar-refractivity contribution in [2.24, 2.45) is 5.92 Å². The Morgan fingerprint density at radius 1 is 1.23 bits per heavy atom. The Morgan fingerprint density at radius 3 is 2.64 bits per heavy atom. The molecule has 0 bridgehead atoms. The number of benzene rings is 1. The number of aromatic amines is 1. The second-order valence-corrected chi connectivity index (χ2v) is 5.63. The smallest absolute Gasteiger partial charge is 0.313 e. The van der Waals surface area contributed by atoms with E-state index >= 15 is 0 Å². The number of rotatable bonds is 4. The number of fused-ring (bicyclic) bond motifs is 1. The Labute approximate surface area is 128 Å². The highest BCUT2D eigenvalue weighted by Gasteiger charge is 2.19. The molecule has 22 heavy (non-hydrogen) atoms. The van der Waals surface area contributed by atoms with E-state index in [4.69, 9.17) is 5.11 Å². The van der Waals surface area contributed by atoms with Crippen molar-refractivity contribution in [1.29, 1.82) is 0 Å². The third-order valence-electron chi connectivity index (χ3n) is 3.72. The molecule has 1 aromatic carbocycles. The van der Waals surface area contributed by atoms with E-state index in [0.717, 1.165) is 16.6 Å². The first-order valence-electron chi connectivity index (χ1n) is 7.22. The zero-order chi connectivity index (χ0) is 16.3. The van der Waals surface area contributed by atoms with Crippen molar-refractivity contribution in [2.75, 3.05) is 11.9 Å². The van der Waals surface area contributed by atoms with Crippen LogP contribution in [0, 0.1) is 12.8 Å². The number of amides is 2. The Bertz CT molecular complexity index is 693. The Hall–Kier alpha value is -2.34. The van der Waals surface area contributed by atoms with Gasteiger partial charge in [0.1, 0.15) is 0 Å². The van der Waals surface area contributed by atoms with Crippen LogP contribution in [0.25, 0.3) is 10.9 Å². The zero-order valence-corrected chi connectivity index (χ0v) is 12.9. The van der Waals surface area contributed by atoms with Crippen molar-refractivity contribution < 1.29 is 14.7 Å². The molecule has 0 aliphatic carbocycles. The Kier molecular flexibility index (Phi) is 4.82. The molecule has 2 aromatic rings. The van der Waals surface area contributed by atoms with Gasteiger partial charge in [-0.25, -0.2) is 0 Å². The topological polar surface area (TPSA) is 94.2 Å². The molecule has 4 N–H and O–H groups in total. The van der Waals surface area contributed by atoms with E-state index in [2.05, 4.69) is 15.6 Å². The molecule has 6 heteroatoms. The molecule has 0 aliphatic heterocycles. The number of aliphatic hydroxyl groups excluding tert-OH is 1. The molecule has 2 unspecified atom stereocenters. The lowest BCUT2D eigenvalue weighted by Gasteiger charge is -2.18. The molecule has 0 fully saturated rings. The summed E-state index contributed by atoms with van der Waals surface area (Å²) in [5, 5.41) is 15.2. The first-order chi connectivity index (χ1) is 10.4. The van der Waals surface area contributed by atoms with Crippen LogP contribution in [0.15, 0.2) is 24.3 Å². The SMILES string of the molecule is Cc1cc2cc(NC(=O)C(=O)NC(C)C(C)CO)ccc2[nH]1. The predicted molar refractivity (Wildman–Crippen MR) is 85.5 cm³/mol. The maximum absolute atomic E-state index is 11.9. The molecule has 2 rings (SSSR count). The summed E-state index contributed by atoms with van der Waals surface area (Å²) in [4.78, 5) is 26.9. The van der Waals surface area contributed by atoms with Gasteiger partial charge in [-0.15, -0.1) is 0 Å². The number of hydrogen-bond acceptors (Lipinski definition) is 3. The van der Waals surface area contributed by atoms with E-state index in [1.54, 1.807) is 19.9 Å². The lowest BCUT2D eigenvalue weighted by atomic mass is 10.1. The highest BCUT2D eigenvalue weighted by atomic mass is 16.3. The molecule has 2 atom stereocenters. The van der Waals surface area contributed by atoms with Gasteiger partial charge in [0.2, 0.25) is 0 Å². The van der Waals surface area contributed by atoms with Crippen molar-refractivity contribution in [3.8, 4) is 0 Å². The van der Waals surface area contributed by atoms with Gasteiger partial charge in [-0.1, -0.05) is 6.92 Å². The maximum atomic E-state index is 11.9. The Morgan fingerprint density at radius 2 is 1.95 bits per heavy atom. The van der Waals surface area contributed by atoms with Gasteiger partial charge in [-0.3, -0.25) is 9.59 Å². The first-order valence-corrected chi connectivity index (χ1v) is 7.22. The number of aryl methyl sites for hydroxylation is 1. The summed E-state index contributed by atoms with van der Waals surface area (Å²) in [6.45, 7) is 5.45. The summed E-state index contributed by atoms with van der Waals surface area (Å²) in [6, 6.07) is 7.09. The molecule has 118 valence electrons. The van der Waals surface area contributed by atoms with Crippen LogP contribution in [0.3, 0.4) is 0 Å². The third-order valence-corrected chi connectivity index (χ3v) is 3.72. The predicted octanol–water partition coefficient (Wildman–Crippen LogP) is 1.55. The average molecular weight is 303 g/mol. The van der Waals surface area contributed by atoms with Crippen LogP contribution in [0.4, 0.5) is 5.69 Å².